The number of furan rings is 1. The first-order chi connectivity index (χ1) is 11.7. The molecule has 4 heterocycles. The average molecular weight is 337 g/mol. The number of pyridine rings is 1. The maximum Gasteiger partial charge on any atom is 0.263 e. The SMILES string of the molecule is C[C@H](Cc1cccnc1)n1cnc2scc(-c3ccco3)c2c1=O. The predicted molar refractivity (Wildman–Crippen MR) is 94.2 cm³/mol. The number of nitrogens with zero attached hydrogens (tertiary/aromatic N) is 3. The van der Waals surface area contributed by atoms with Crippen LogP contribution in [0.2, 0.25) is 0 Å². The van der Waals surface area contributed by atoms with Gasteiger partial charge in [0.2, 0.25) is 0 Å². The van der Waals surface area contributed by atoms with Crippen molar-refractivity contribution in [1.29, 1.82) is 0 Å². The first kappa shape index (κ1) is 14.8. The third-order valence-corrected chi connectivity index (χ3v) is 4.92. The zero-order chi connectivity index (χ0) is 16.5. The first-order valence-electron chi connectivity index (χ1n) is 7.65. The van der Waals surface area contributed by atoms with Gasteiger partial charge in [-0.05, 0) is 37.1 Å². The van der Waals surface area contributed by atoms with Gasteiger partial charge in [0.1, 0.15) is 10.6 Å². The number of thiophene rings is 1. The first-order valence-corrected chi connectivity index (χ1v) is 8.53. The minimum absolute atomic E-state index is 0.0112. The van der Waals surface area contributed by atoms with E-state index in [4.69, 9.17) is 4.42 Å². The van der Waals surface area contributed by atoms with Gasteiger partial charge in [0.15, 0.2) is 0 Å². The summed E-state index contributed by atoms with van der Waals surface area (Å²) in [7, 11) is 0. The molecule has 0 N–H and O–H groups in total. The van der Waals surface area contributed by atoms with Crippen LogP contribution in [0.15, 0.2) is 63.8 Å². The summed E-state index contributed by atoms with van der Waals surface area (Å²) in [6.07, 6.45) is 7.54. The van der Waals surface area contributed by atoms with Crippen molar-refractivity contribution in [3.63, 3.8) is 0 Å². The van der Waals surface area contributed by atoms with Crippen molar-refractivity contribution in [2.75, 3.05) is 0 Å². The van der Waals surface area contributed by atoms with Crippen molar-refractivity contribution in [3.8, 4) is 11.3 Å². The largest absolute Gasteiger partial charge is 0.464 e. The summed E-state index contributed by atoms with van der Waals surface area (Å²) in [6, 6.07) is 7.58. The molecule has 1 atom stereocenters. The Hall–Kier alpha value is -2.73. The van der Waals surface area contributed by atoms with E-state index in [0.717, 1.165) is 22.4 Å². The van der Waals surface area contributed by atoms with Gasteiger partial charge in [0.05, 0.1) is 18.0 Å². The van der Waals surface area contributed by atoms with Crippen LogP contribution in [-0.2, 0) is 6.42 Å². The van der Waals surface area contributed by atoms with E-state index in [0.29, 0.717) is 11.1 Å². The van der Waals surface area contributed by atoms with Crippen molar-refractivity contribution in [2.45, 2.75) is 19.4 Å². The number of aromatic nitrogens is 3. The molecule has 6 heteroatoms. The van der Waals surface area contributed by atoms with Crippen LogP contribution in [0.1, 0.15) is 18.5 Å². The van der Waals surface area contributed by atoms with E-state index in [1.165, 1.54) is 11.3 Å². The van der Waals surface area contributed by atoms with Crippen LogP contribution < -0.4 is 5.56 Å². The molecule has 5 nitrogen and oxygen atoms in total. The Labute approximate surface area is 142 Å². The molecule has 0 aromatic carbocycles. The van der Waals surface area contributed by atoms with Crippen LogP contribution >= 0.6 is 11.3 Å². The fourth-order valence-electron chi connectivity index (χ4n) is 2.83. The number of hydrogen-bond acceptors (Lipinski definition) is 5. The molecular weight excluding hydrogens is 322 g/mol. The molecule has 0 aliphatic carbocycles. The molecule has 0 radical (unpaired) electrons. The van der Waals surface area contributed by atoms with Crippen LogP contribution in [0.4, 0.5) is 0 Å². The van der Waals surface area contributed by atoms with Crippen molar-refractivity contribution in [1.82, 2.24) is 14.5 Å². The van der Waals surface area contributed by atoms with Gasteiger partial charge in [-0.2, -0.15) is 0 Å². The van der Waals surface area contributed by atoms with Gasteiger partial charge >= 0.3 is 0 Å². The van der Waals surface area contributed by atoms with E-state index >= 15 is 0 Å². The fraction of sp³-hybridized carbons (Fsp3) is 0.167. The molecule has 0 amide bonds. The molecule has 0 saturated heterocycles. The Balaban J connectivity index is 1.78. The lowest BCUT2D eigenvalue weighted by Crippen LogP contribution is -2.24. The third-order valence-electron chi connectivity index (χ3n) is 4.03. The van der Waals surface area contributed by atoms with Gasteiger partial charge < -0.3 is 4.42 Å². The average Bonchev–Trinajstić information content (AvgIpc) is 3.25. The Morgan fingerprint density at radius 2 is 2.25 bits per heavy atom. The second-order valence-corrected chi connectivity index (χ2v) is 6.54. The fourth-order valence-corrected chi connectivity index (χ4v) is 3.72. The molecule has 0 spiro atoms. The Bertz CT molecular complexity index is 1020. The van der Waals surface area contributed by atoms with Crippen molar-refractivity contribution in [2.24, 2.45) is 0 Å². The minimum atomic E-state index is -0.0379. The van der Waals surface area contributed by atoms with E-state index in [-0.39, 0.29) is 11.6 Å². The van der Waals surface area contributed by atoms with Crippen LogP contribution in [0.25, 0.3) is 21.5 Å². The van der Waals surface area contributed by atoms with Crippen LogP contribution in [0.3, 0.4) is 0 Å². The Kier molecular flexibility index (Phi) is 3.74. The monoisotopic (exact) mass is 337 g/mol. The lowest BCUT2D eigenvalue weighted by molar-refractivity contribution is 0.522. The highest BCUT2D eigenvalue weighted by atomic mass is 32.1. The molecule has 0 aliphatic rings. The molecular formula is C18H15N3O2S. The highest BCUT2D eigenvalue weighted by Crippen LogP contribution is 2.31. The topological polar surface area (TPSA) is 60.9 Å². The van der Waals surface area contributed by atoms with Crippen molar-refractivity contribution >= 4 is 21.6 Å². The van der Waals surface area contributed by atoms with Crippen LogP contribution in [-0.4, -0.2) is 14.5 Å². The molecule has 0 unspecified atom stereocenters. The maximum atomic E-state index is 13.0. The van der Waals surface area contributed by atoms with E-state index in [1.807, 2.05) is 42.8 Å². The minimum Gasteiger partial charge on any atom is -0.464 e. The van der Waals surface area contributed by atoms with Gasteiger partial charge in [-0.3, -0.25) is 14.3 Å². The zero-order valence-electron chi connectivity index (χ0n) is 13.0. The van der Waals surface area contributed by atoms with Gasteiger partial charge in [0, 0.05) is 29.4 Å². The summed E-state index contributed by atoms with van der Waals surface area (Å²) >= 11 is 1.46. The third kappa shape index (κ3) is 2.55. The standard InChI is InChI=1S/C18H15N3O2S/c1-12(8-13-4-2-6-19-9-13)21-11-20-17-16(18(21)22)14(10-24-17)15-5-3-7-23-15/h2-7,9-12H,8H2,1H3/t12-/m1/s1. The highest BCUT2D eigenvalue weighted by molar-refractivity contribution is 7.17. The van der Waals surface area contributed by atoms with E-state index in [9.17, 15) is 4.79 Å². The van der Waals surface area contributed by atoms with Crippen molar-refractivity contribution < 1.29 is 4.42 Å². The van der Waals surface area contributed by atoms with Gasteiger partial charge in [0.25, 0.3) is 5.56 Å². The Morgan fingerprint density at radius 1 is 1.33 bits per heavy atom. The molecule has 4 aromatic rings. The molecule has 0 aliphatic heterocycles. The summed E-state index contributed by atoms with van der Waals surface area (Å²) < 4.78 is 7.15. The van der Waals surface area contributed by atoms with Crippen molar-refractivity contribution in [3.05, 3.63) is 70.5 Å². The maximum absolute atomic E-state index is 13.0. The molecule has 0 saturated carbocycles. The molecule has 4 rings (SSSR count). The Morgan fingerprint density at radius 3 is 3.00 bits per heavy atom. The molecule has 0 fully saturated rings. The quantitative estimate of drug-likeness (QED) is 0.566. The zero-order valence-corrected chi connectivity index (χ0v) is 13.9. The number of rotatable bonds is 4. The molecule has 120 valence electrons. The second-order valence-electron chi connectivity index (χ2n) is 5.68. The smallest absolute Gasteiger partial charge is 0.263 e. The molecule has 4 aromatic heterocycles. The summed E-state index contributed by atoms with van der Waals surface area (Å²) in [5.41, 5.74) is 1.86. The number of fused-ring (bicyclic) bond motifs is 1. The predicted octanol–water partition coefficient (Wildman–Crippen LogP) is 3.92. The summed E-state index contributed by atoms with van der Waals surface area (Å²) in [4.78, 5) is 22.3. The van der Waals surface area contributed by atoms with Gasteiger partial charge in [-0.15, -0.1) is 11.3 Å². The van der Waals surface area contributed by atoms with E-state index in [2.05, 4.69) is 9.97 Å². The second kappa shape index (κ2) is 6.05. The van der Waals surface area contributed by atoms with Crippen LogP contribution in [0.5, 0.6) is 0 Å². The molecule has 0 bridgehead atoms. The lowest BCUT2D eigenvalue weighted by Gasteiger charge is -2.14. The van der Waals surface area contributed by atoms with Gasteiger partial charge in [-0.25, -0.2) is 4.98 Å². The van der Waals surface area contributed by atoms with E-state index < -0.39 is 0 Å². The summed E-state index contributed by atoms with van der Waals surface area (Å²) in [5, 5.41) is 2.55. The van der Waals surface area contributed by atoms with Gasteiger partial charge in [-0.1, -0.05) is 6.07 Å². The summed E-state index contributed by atoms with van der Waals surface area (Å²) in [6.45, 7) is 2.01. The lowest BCUT2D eigenvalue weighted by atomic mass is 10.1. The molecule has 24 heavy (non-hydrogen) atoms. The van der Waals surface area contributed by atoms with Crippen LogP contribution in [0, 0.1) is 0 Å². The normalized spacial score (nSPS) is 12.5. The highest BCUT2D eigenvalue weighted by Gasteiger charge is 2.17. The number of hydrogen-bond donors (Lipinski definition) is 0. The van der Waals surface area contributed by atoms with E-state index in [1.54, 1.807) is 23.4 Å². The summed E-state index contributed by atoms with van der Waals surface area (Å²) in [5.74, 6) is 0.692.